The molecule has 2 atom stereocenters. The zero-order valence-electron chi connectivity index (χ0n) is 20.3. The fourth-order valence-corrected chi connectivity index (χ4v) is 4.29. The molecule has 2 unspecified atom stereocenters. The van der Waals surface area contributed by atoms with E-state index < -0.39 is 5.60 Å². The number of anilines is 3. The smallest absolute Gasteiger partial charge is 0.410 e. The third kappa shape index (κ3) is 5.52. The van der Waals surface area contributed by atoms with Gasteiger partial charge in [0.2, 0.25) is 5.95 Å². The van der Waals surface area contributed by atoms with Crippen molar-refractivity contribution in [3.8, 4) is 0 Å². The number of imidazole rings is 1. The van der Waals surface area contributed by atoms with Gasteiger partial charge in [0.1, 0.15) is 16.3 Å². The average molecular weight is 486 g/mol. The van der Waals surface area contributed by atoms with Crippen molar-refractivity contribution in [2.75, 3.05) is 23.7 Å². The van der Waals surface area contributed by atoms with Crippen LogP contribution in [0.1, 0.15) is 46.2 Å². The van der Waals surface area contributed by atoms with Gasteiger partial charge in [-0.25, -0.2) is 14.8 Å². The van der Waals surface area contributed by atoms with E-state index in [0.29, 0.717) is 29.9 Å². The molecule has 2 N–H and O–H groups in total. The van der Waals surface area contributed by atoms with Gasteiger partial charge >= 0.3 is 6.09 Å². The zero-order chi connectivity index (χ0) is 24.5. The second-order valence-corrected chi connectivity index (χ2v) is 10.1. The van der Waals surface area contributed by atoms with Crippen molar-refractivity contribution in [2.24, 2.45) is 5.92 Å². The molecule has 0 bridgehead atoms. The van der Waals surface area contributed by atoms with E-state index in [4.69, 9.17) is 16.3 Å². The molecule has 0 aromatic carbocycles. The van der Waals surface area contributed by atoms with E-state index in [1.807, 2.05) is 56.6 Å². The van der Waals surface area contributed by atoms with Gasteiger partial charge in [-0.3, -0.25) is 0 Å². The van der Waals surface area contributed by atoms with Gasteiger partial charge in [-0.2, -0.15) is 4.98 Å². The van der Waals surface area contributed by atoms with E-state index in [1.54, 1.807) is 11.1 Å². The minimum absolute atomic E-state index is 0.133. The summed E-state index contributed by atoms with van der Waals surface area (Å²) in [6.07, 6.45) is 6.80. The van der Waals surface area contributed by atoms with Gasteiger partial charge in [-0.15, -0.1) is 0 Å². The molecule has 4 heterocycles. The standard InChI is InChI=1S/C24H32ClN7O2/c1-6-16-14-31(23(33)34-24(3,4)5)9-8-19(16)29-21-18(25)13-27-22(30-21)28-17-7-10-32-15(2)12-26-20(32)11-17/h7,10-13,16,19H,6,8-9,14H2,1-5H3,(H2,27,28,29,30). The van der Waals surface area contributed by atoms with Gasteiger partial charge in [0.15, 0.2) is 5.82 Å². The van der Waals surface area contributed by atoms with Crippen molar-refractivity contribution in [1.29, 1.82) is 0 Å². The number of hydrogen-bond acceptors (Lipinski definition) is 7. The van der Waals surface area contributed by atoms with Gasteiger partial charge in [0.05, 0.1) is 6.20 Å². The molecule has 10 heteroatoms. The number of hydrogen-bond donors (Lipinski definition) is 2. The molecule has 0 spiro atoms. The van der Waals surface area contributed by atoms with E-state index in [2.05, 4.69) is 32.5 Å². The fourth-order valence-electron chi connectivity index (χ4n) is 4.15. The third-order valence-corrected chi connectivity index (χ3v) is 6.21. The monoisotopic (exact) mass is 485 g/mol. The minimum Gasteiger partial charge on any atom is -0.444 e. The SMILES string of the molecule is CCC1CN(C(=O)OC(C)(C)C)CCC1Nc1nc(Nc2ccn3c(C)cnc3c2)ncc1Cl. The molecule has 0 saturated carbocycles. The Bertz CT molecular complexity index is 1170. The Morgan fingerprint density at radius 1 is 1.29 bits per heavy atom. The van der Waals surface area contributed by atoms with E-state index >= 15 is 0 Å². The number of rotatable bonds is 5. The molecule has 3 aromatic heterocycles. The van der Waals surface area contributed by atoms with Crippen molar-refractivity contribution < 1.29 is 9.53 Å². The molecule has 1 aliphatic heterocycles. The predicted molar refractivity (Wildman–Crippen MR) is 134 cm³/mol. The number of carbonyl (C=O) groups is 1. The van der Waals surface area contributed by atoms with Crippen LogP contribution in [-0.2, 0) is 4.74 Å². The number of piperidine rings is 1. The van der Waals surface area contributed by atoms with Crippen LogP contribution in [0.25, 0.3) is 5.65 Å². The number of halogens is 1. The summed E-state index contributed by atoms with van der Waals surface area (Å²) in [5.41, 5.74) is 2.24. The van der Waals surface area contributed by atoms with Crippen molar-refractivity contribution in [2.45, 2.75) is 59.1 Å². The highest BCUT2D eigenvalue weighted by molar-refractivity contribution is 6.32. The Morgan fingerprint density at radius 2 is 2.09 bits per heavy atom. The lowest BCUT2D eigenvalue weighted by Crippen LogP contribution is -2.49. The van der Waals surface area contributed by atoms with Crippen molar-refractivity contribution >= 4 is 40.8 Å². The lowest BCUT2D eigenvalue weighted by Gasteiger charge is -2.39. The lowest BCUT2D eigenvalue weighted by molar-refractivity contribution is 0.0153. The predicted octanol–water partition coefficient (Wildman–Crippen LogP) is 5.28. The highest BCUT2D eigenvalue weighted by Crippen LogP contribution is 2.28. The van der Waals surface area contributed by atoms with Crippen LogP contribution in [0, 0.1) is 12.8 Å². The number of amides is 1. The summed E-state index contributed by atoms with van der Waals surface area (Å²) in [6, 6.07) is 4.03. The van der Waals surface area contributed by atoms with Gasteiger partial charge in [-0.05, 0) is 52.5 Å². The fraction of sp³-hybridized carbons (Fsp3) is 0.500. The maximum absolute atomic E-state index is 12.5. The van der Waals surface area contributed by atoms with E-state index in [-0.39, 0.29) is 18.1 Å². The third-order valence-electron chi connectivity index (χ3n) is 5.93. The summed E-state index contributed by atoms with van der Waals surface area (Å²) >= 11 is 6.43. The Balaban J connectivity index is 1.45. The van der Waals surface area contributed by atoms with E-state index in [9.17, 15) is 4.79 Å². The van der Waals surface area contributed by atoms with Crippen LogP contribution < -0.4 is 10.6 Å². The van der Waals surface area contributed by atoms with Crippen LogP contribution in [-0.4, -0.2) is 55.1 Å². The summed E-state index contributed by atoms with van der Waals surface area (Å²) in [6.45, 7) is 11.0. The first kappa shape index (κ1) is 24.1. The summed E-state index contributed by atoms with van der Waals surface area (Å²) in [5, 5.41) is 7.19. The molecule has 0 radical (unpaired) electrons. The van der Waals surface area contributed by atoms with Crippen LogP contribution in [0.4, 0.5) is 22.2 Å². The van der Waals surface area contributed by atoms with Crippen molar-refractivity contribution in [1.82, 2.24) is 24.3 Å². The Kier molecular flexibility index (Phi) is 6.84. The minimum atomic E-state index is -0.507. The molecular weight excluding hydrogens is 454 g/mol. The van der Waals surface area contributed by atoms with Crippen molar-refractivity contribution in [3.63, 3.8) is 0 Å². The van der Waals surface area contributed by atoms with Crippen LogP contribution in [0.2, 0.25) is 5.02 Å². The average Bonchev–Trinajstić information content (AvgIpc) is 3.15. The number of nitrogens with zero attached hydrogens (tertiary/aromatic N) is 5. The molecule has 1 aliphatic rings. The summed E-state index contributed by atoms with van der Waals surface area (Å²) in [5.74, 6) is 1.26. The number of aryl methyl sites for hydroxylation is 1. The van der Waals surface area contributed by atoms with Gasteiger partial charge in [0, 0.05) is 49.0 Å². The second-order valence-electron chi connectivity index (χ2n) is 9.69. The number of pyridine rings is 1. The molecule has 4 rings (SSSR count). The molecule has 1 saturated heterocycles. The maximum atomic E-state index is 12.5. The molecule has 1 fully saturated rings. The normalized spacial score (nSPS) is 18.7. The molecule has 9 nitrogen and oxygen atoms in total. The first-order valence-electron chi connectivity index (χ1n) is 11.6. The Morgan fingerprint density at radius 3 is 2.82 bits per heavy atom. The summed E-state index contributed by atoms with van der Waals surface area (Å²) in [7, 11) is 0. The lowest BCUT2D eigenvalue weighted by atomic mass is 9.90. The highest BCUT2D eigenvalue weighted by Gasteiger charge is 2.33. The van der Waals surface area contributed by atoms with E-state index in [0.717, 1.165) is 29.9 Å². The number of likely N-dealkylation sites (tertiary alicyclic amines) is 1. The number of aromatic nitrogens is 4. The largest absolute Gasteiger partial charge is 0.444 e. The second kappa shape index (κ2) is 9.66. The van der Waals surface area contributed by atoms with Crippen LogP contribution >= 0.6 is 11.6 Å². The van der Waals surface area contributed by atoms with Crippen LogP contribution in [0.3, 0.4) is 0 Å². The summed E-state index contributed by atoms with van der Waals surface area (Å²) < 4.78 is 7.56. The molecule has 3 aromatic rings. The number of fused-ring (bicyclic) bond motifs is 1. The number of nitrogens with one attached hydrogen (secondary N) is 2. The number of ether oxygens (including phenoxy) is 1. The first-order chi connectivity index (χ1) is 16.1. The molecule has 0 aliphatic carbocycles. The van der Waals surface area contributed by atoms with Gasteiger partial charge < -0.3 is 24.7 Å². The molecule has 1 amide bonds. The highest BCUT2D eigenvalue weighted by atomic mass is 35.5. The van der Waals surface area contributed by atoms with Gasteiger partial charge in [-0.1, -0.05) is 18.5 Å². The van der Waals surface area contributed by atoms with Crippen LogP contribution in [0.15, 0.2) is 30.7 Å². The van der Waals surface area contributed by atoms with Gasteiger partial charge in [0.25, 0.3) is 0 Å². The van der Waals surface area contributed by atoms with Crippen molar-refractivity contribution in [3.05, 3.63) is 41.4 Å². The Hall–Kier alpha value is -3.07. The Labute approximate surface area is 204 Å². The topological polar surface area (TPSA) is 96.7 Å². The quantitative estimate of drug-likeness (QED) is 0.507. The molecule has 34 heavy (non-hydrogen) atoms. The molecule has 182 valence electrons. The maximum Gasteiger partial charge on any atom is 0.410 e. The molecular formula is C24H32ClN7O2. The number of carbonyl (C=O) groups excluding carboxylic acids is 1. The summed E-state index contributed by atoms with van der Waals surface area (Å²) in [4.78, 5) is 27.7. The zero-order valence-corrected chi connectivity index (χ0v) is 21.1. The first-order valence-corrected chi connectivity index (χ1v) is 12.0. The van der Waals surface area contributed by atoms with E-state index in [1.165, 1.54) is 0 Å². The van der Waals surface area contributed by atoms with Crippen LogP contribution in [0.5, 0.6) is 0 Å².